The van der Waals surface area contributed by atoms with E-state index in [1.807, 2.05) is 0 Å². The van der Waals surface area contributed by atoms with E-state index in [9.17, 15) is 0 Å². The van der Waals surface area contributed by atoms with Gasteiger partial charge < -0.3 is 5.32 Å². The molecule has 0 radical (unpaired) electrons. The highest BCUT2D eigenvalue weighted by atomic mass is 15.4. The summed E-state index contributed by atoms with van der Waals surface area (Å²) in [5.74, 6) is 6.33. The lowest BCUT2D eigenvalue weighted by Gasteiger charge is -2.05. The van der Waals surface area contributed by atoms with Crippen LogP contribution >= 0.6 is 0 Å². The Bertz CT molecular complexity index is 414. The summed E-state index contributed by atoms with van der Waals surface area (Å²) in [5.41, 5.74) is 2.36. The maximum atomic E-state index is 5.24. The quantitative estimate of drug-likeness (QED) is 0.454. The molecule has 0 atom stereocenters. The topological polar surface area (TPSA) is 107 Å². The van der Waals surface area contributed by atoms with Crippen molar-refractivity contribution in [3.05, 3.63) is 18.5 Å². The second-order valence-corrected chi connectivity index (χ2v) is 2.63. The van der Waals surface area contributed by atoms with Crippen LogP contribution in [0.25, 0.3) is 5.95 Å². The SMILES string of the molecule is CNc1nc(NN)nc(-n2cccn2)n1. The molecule has 0 amide bonds. The number of nitrogen functional groups attached to an aromatic ring is 1. The molecule has 0 saturated carbocycles. The fourth-order valence-electron chi connectivity index (χ4n) is 1.03. The number of nitrogens with zero attached hydrogens (tertiary/aromatic N) is 5. The average Bonchev–Trinajstić information content (AvgIpc) is 2.81. The Morgan fingerprint density at radius 3 is 2.67 bits per heavy atom. The van der Waals surface area contributed by atoms with Gasteiger partial charge in [0.05, 0.1) is 0 Å². The van der Waals surface area contributed by atoms with E-state index >= 15 is 0 Å². The molecule has 0 aliphatic carbocycles. The van der Waals surface area contributed by atoms with Crippen molar-refractivity contribution in [3.8, 4) is 5.95 Å². The molecule has 0 aromatic carbocycles. The van der Waals surface area contributed by atoms with Gasteiger partial charge in [-0.15, -0.1) is 0 Å². The van der Waals surface area contributed by atoms with Crippen molar-refractivity contribution in [2.45, 2.75) is 0 Å². The van der Waals surface area contributed by atoms with Crippen LogP contribution in [0, 0.1) is 0 Å². The summed E-state index contributed by atoms with van der Waals surface area (Å²) in [6.07, 6.45) is 3.37. The lowest BCUT2D eigenvalue weighted by molar-refractivity contribution is 0.798. The number of anilines is 2. The first kappa shape index (κ1) is 9.34. The maximum Gasteiger partial charge on any atom is 0.257 e. The van der Waals surface area contributed by atoms with Crippen molar-refractivity contribution < 1.29 is 0 Å². The fraction of sp³-hybridized carbons (Fsp3) is 0.143. The van der Waals surface area contributed by atoms with Crippen molar-refractivity contribution in [1.29, 1.82) is 0 Å². The van der Waals surface area contributed by atoms with Gasteiger partial charge in [-0.25, -0.2) is 10.5 Å². The summed E-state index contributed by atoms with van der Waals surface area (Å²) in [6, 6.07) is 1.78. The lowest BCUT2D eigenvalue weighted by Crippen LogP contribution is -2.15. The molecule has 8 heteroatoms. The van der Waals surface area contributed by atoms with Gasteiger partial charge in [-0.05, 0) is 6.07 Å². The van der Waals surface area contributed by atoms with Gasteiger partial charge in [-0.1, -0.05) is 0 Å². The summed E-state index contributed by atoms with van der Waals surface area (Å²) in [4.78, 5) is 12.1. The largest absolute Gasteiger partial charge is 0.357 e. The molecular weight excluding hydrogens is 196 g/mol. The molecule has 0 aliphatic rings. The van der Waals surface area contributed by atoms with Gasteiger partial charge in [0.1, 0.15) is 0 Å². The molecule has 0 saturated heterocycles. The number of aromatic nitrogens is 5. The minimum Gasteiger partial charge on any atom is -0.357 e. The van der Waals surface area contributed by atoms with Crippen LogP contribution < -0.4 is 16.6 Å². The summed E-state index contributed by atoms with van der Waals surface area (Å²) < 4.78 is 1.52. The first-order valence-corrected chi connectivity index (χ1v) is 4.24. The highest BCUT2D eigenvalue weighted by molar-refractivity contribution is 5.36. The van der Waals surface area contributed by atoms with E-state index < -0.39 is 0 Å². The molecule has 0 spiro atoms. The second-order valence-electron chi connectivity index (χ2n) is 2.63. The third kappa shape index (κ3) is 1.83. The van der Waals surface area contributed by atoms with E-state index in [2.05, 4.69) is 30.8 Å². The van der Waals surface area contributed by atoms with Crippen LogP contribution in [0.3, 0.4) is 0 Å². The summed E-state index contributed by atoms with van der Waals surface area (Å²) in [6.45, 7) is 0. The molecule has 4 N–H and O–H groups in total. The predicted molar refractivity (Wildman–Crippen MR) is 54.3 cm³/mol. The Kier molecular flexibility index (Phi) is 2.42. The third-order valence-corrected chi connectivity index (χ3v) is 1.69. The number of nitrogens with two attached hydrogens (primary N) is 1. The molecule has 15 heavy (non-hydrogen) atoms. The van der Waals surface area contributed by atoms with E-state index in [-0.39, 0.29) is 5.95 Å². The van der Waals surface area contributed by atoms with E-state index in [0.717, 1.165) is 0 Å². The predicted octanol–water partition coefficient (Wildman–Crippen LogP) is -0.615. The number of hydrogen-bond acceptors (Lipinski definition) is 7. The smallest absolute Gasteiger partial charge is 0.257 e. The molecule has 0 bridgehead atoms. The fourth-order valence-corrected chi connectivity index (χ4v) is 1.03. The number of hydrazine groups is 1. The first-order valence-electron chi connectivity index (χ1n) is 4.24. The van der Waals surface area contributed by atoms with Gasteiger partial charge in [-0.3, -0.25) is 5.43 Å². The molecule has 78 valence electrons. The van der Waals surface area contributed by atoms with E-state index in [0.29, 0.717) is 11.9 Å². The lowest BCUT2D eigenvalue weighted by atomic mass is 10.7. The Morgan fingerprint density at radius 2 is 2.07 bits per heavy atom. The van der Waals surface area contributed by atoms with Crippen LogP contribution in [0.4, 0.5) is 11.9 Å². The summed E-state index contributed by atoms with van der Waals surface area (Å²) >= 11 is 0. The minimum absolute atomic E-state index is 0.278. The van der Waals surface area contributed by atoms with Crippen LogP contribution in [0.1, 0.15) is 0 Å². The third-order valence-electron chi connectivity index (χ3n) is 1.69. The number of hydrogen-bond donors (Lipinski definition) is 3. The van der Waals surface area contributed by atoms with Gasteiger partial charge in [0, 0.05) is 19.4 Å². The van der Waals surface area contributed by atoms with Crippen molar-refractivity contribution in [2.75, 3.05) is 17.8 Å². The molecule has 8 nitrogen and oxygen atoms in total. The molecule has 2 aromatic heterocycles. The molecule has 0 unspecified atom stereocenters. The van der Waals surface area contributed by atoms with Crippen LogP contribution in [0.2, 0.25) is 0 Å². The Labute approximate surface area is 85.5 Å². The van der Waals surface area contributed by atoms with Gasteiger partial charge in [0.15, 0.2) is 0 Å². The normalized spacial score (nSPS) is 10.0. The maximum absolute atomic E-state index is 5.24. The highest BCUT2D eigenvalue weighted by Gasteiger charge is 2.05. The van der Waals surface area contributed by atoms with Crippen LogP contribution in [0.15, 0.2) is 18.5 Å². The molecule has 2 aromatic rings. The van der Waals surface area contributed by atoms with Gasteiger partial charge in [-0.2, -0.15) is 20.1 Å². The van der Waals surface area contributed by atoms with Crippen LogP contribution in [0.5, 0.6) is 0 Å². The summed E-state index contributed by atoms with van der Waals surface area (Å²) in [5, 5.41) is 6.81. The molecule has 2 heterocycles. The number of rotatable bonds is 3. The van der Waals surface area contributed by atoms with E-state index in [1.165, 1.54) is 4.68 Å². The monoisotopic (exact) mass is 206 g/mol. The molecule has 0 aliphatic heterocycles. The van der Waals surface area contributed by atoms with Crippen LogP contribution in [-0.2, 0) is 0 Å². The Morgan fingerprint density at radius 1 is 1.27 bits per heavy atom. The average molecular weight is 206 g/mol. The van der Waals surface area contributed by atoms with Gasteiger partial charge in [0.25, 0.3) is 5.95 Å². The van der Waals surface area contributed by atoms with Crippen molar-refractivity contribution in [3.63, 3.8) is 0 Å². The van der Waals surface area contributed by atoms with E-state index in [4.69, 9.17) is 5.84 Å². The standard InChI is InChI=1S/C7H10N8/c1-9-5-11-6(14-8)13-7(12-5)15-4-2-3-10-15/h2-4H,8H2,1H3,(H2,9,11,12,13,14). The summed E-state index contributed by atoms with van der Waals surface area (Å²) in [7, 11) is 1.71. The zero-order valence-electron chi connectivity index (χ0n) is 8.05. The Hall–Kier alpha value is -2.22. The van der Waals surface area contributed by atoms with Crippen molar-refractivity contribution >= 4 is 11.9 Å². The molecule has 0 fully saturated rings. The zero-order valence-corrected chi connectivity index (χ0v) is 8.05. The highest BCUT2D eigenvalue weighted by Crippen LogP contribution is 2.06. The zero-order chi connectivity index (χ0) is 10.7. The van der Waals surface area contributed by atoms with E-state index in [1.54, 1.807) is 25.5 Å². The molecule has 2 rings (SSSR count). The van der Waals surface area contributed by atoms with Crippen molar-refractivity contribution in [1.82, 2.24) is 24.7 Å². The first-order chi connectivity index (χ1) is 7.33. The van der Waals surface area contributed by atoms with Gasteiger partial charge in [0.2, 0.25) is 11.9 Å². The van der Waals surface area contributed by atoms with Gasteiger partial charge >= 0.3 is 0 Å². The number of nitrogens with one attached hydrogen (secondary N) is 2. The van der Waals surface area contributed by atoms with Crippen molar-refractivity contribution in [2.24, 2.45) is 5.84 Å². The van der Waals surface area contributed by atoms with Crippen LogP contribution in [-0.4, -0.2) is 31.8 Å². The Balaban J connectivity index is 2.47. The molecular formula is C7H10N8. The minimum atomic E-state index is 0.278. The second kappa shape index (κ2) is 3.88.